The number of hydrogen-bond donors (Lipinski definition) is 1. The second kappa shape index (κ2) is 14.9. The first kappa shape index (κ1) is 32.7. The van der Waals surface area contributed by atoms with Gasteiger partial charge in [0.1, 0.15) is 18.3 Å². The number of anilines is 1. The van der Waals surface area contributed by atoms with Crippen LogP contribution in [0, 0.1) is 0 Å². The second-order valence-electron chi connectivity index (χ2n) is 10.9. The number of hydrogen-bond acceptors (Lipinski definition) is 5. The Labute approximate surface area is 250 Å². The highest BCUT2D eigenvalue weighted by atomic mass is 32.2. The number of nitrogens with zero attached hydrogens (tertiary/aromatic N) is 2. The summed E-state index contributed by atoms with van der Waals surface area (Å²) in [5.41, 5.74) is 3.09. The Morgan fingerprint density at radius 1 is 0.905 bits per heavy atom. The number of sulfonamides is 1. The number of benzene rings is 3. The lowest BCUT2D eigenvalue weighted by Crippen LogP contribution is -2.54. The van der Waals surface area contributed by atoms with E-state index in [9.17, 15) is 18.0 Å². The molecule has 226 valence electrons. The number of methoxy groups -OCH3 is 1. The molecule has 0 fully saturated rings. The highest BCUT2D eigenvalue weighted by Gasteiger charge is 2.33. The van der Waals surface area contributed by atoms with Crippen LogP contribution in [0.25, 0.3) is 0 Å². The van der Waals surface area contributed by atoms with Crippen molar-refractivity contribution in [1.82, 2.24) is 10.2 Å². The van der Waals surface area contributed by atoms with Gasteiger partial charge in [0.05, 0.1) is 19.1 Å². The van der Waals surface area contributed by atoms with Gasteiger partial charge in [0.25, 0.3) is 0 Å². The number of nitrogens with one attached hydrogen (secondary N) is 1. The van der Waals surface area contributed by atoms with Crippen LogP contribution in [-0.4, -0.2) is 57.1 Å². The smallest absolute Gasteiger partial charge is 0.244 e. The Morgan fingerprint density at radius 3 is 2.12 bits per heavy atom. The molecule has 0 bridgehead atoms. The largest absolute Gasteiger partial charge is 0.497 e. The number of ether oxygens (including phenoxy) is 1. The van der Waals surface area contributed by atoms with Gasteiger partial charge in [-0.25, -0.2) is 8.42 Å². The Balaban J connectivity index is 2.06. The van der Waals surface area contributed by atoms with Crippen LogP contribution in [0.4, 0.5) is 5.69 Å². The van der Waals surface area contributed by atoms with E-state index in [0.717, 1.165) is 33.7 Å². The van der Waals surface area contributed by atoms with Gasteiger partial charge in [0.15, 0.2) is 0 Å². The third-order valence-electron chi connectivity index (χ3n) is 7.29. The topological polar surface area (TPSA) is 96.0 Å². The number of rotatable bonds is 14. The summed E-state index contributed by atoms with van der Waals surface area (Å²) in [6.45, 7) is 7.64. The highest BCUT2D eigenvalue weighted by Crippen LogP contribution is 2.24. The van der Waals surface area contributed by atoms with Gasteiger partial charge in [-0.1, -0.05) is 75.4 Å². The van der Waals surface area contributed by atoms with Crippen molar-refractivity contribution >= 4 is 27.5 Å². The molecule has 0 unspecified atom stereocenters. The van der Waals surface area contributed by atoms with E-state index in [0.29, 0.717) is 11.4 Å². The van der Waals surface area contributed by atoms with Crippen molar-refractivity contribution in [2.75, 3.05) is 24.2 Å². The lowest BCUT2D eigenvalue weighted by Gasteiger charge is -2.34. The summed E-state index contributed by atoms with van der Waals surface area (Å²) >= 11 is 0. The summed E-state index contributed by atoms with van der Waals surface area (Å²) < 4.78 is 32.5. The summed E-state index contributed by atoms with van der Waals surface area (Å²) in [4.78, 5) is 29.5. The molecule has 8 nitrogen and oxygen atoms in total. The van der Waals surface area contributed by atoms with E-state index in [1.54, 1.807) is 25.3 Å². The minimum atomic E-state index is -3.83. The fraction of sp³-hybridized carbons (Fsp3) is 0.394. The molecule has 0 spiro atoms. The van der Waals surface area contributed by atoms with Crippen LogP contribution in [0.3, 0.4) is 0 Å². The standard InChI is InChI=1S/C33H43N3O5S/c1-7-25(4)34-33(38)31(21-26-12-9-8-10-13-26)35(22-27-14-11-15-30(20-27)41-5)32(37)23-36(42(6,39)40)29-18-16-28(17-19-29)24(2)3/h8-20,24-25,31H,7,21-23H2,1-6H3,(H,34,38)/t25-,31-/m0/s1. The first-order valence-electron chi connectivity index (χ1n) is 14.3. The number of amides is 2. The molecular formula is C33H43N3O5S. The molecule has 3 rings (SSSR count). The molecule has 3 aromatic rings. The first-order chi connectivity index (χ1) is 19.9. The van der Waals surface area contributed by atoms with Gasteiger partial charge in [0, 0.05) is 19.0 Å². The van der Waals surface area contributed by atoms with Crippen molar-refractivity contribution in [2.24, 2.45) is 0 Å². The molecule has 1 N–H and O–H groups in total. The van der Waals surface area contributed by atoms with E-state index in [1.807, 2.05) is 74.5 Å². The fourth-order valence-electron chi connectivity index (χ4n) is 4.60. The maximum atomic E-state index is 14.2. The molecule has 42 heavy (non-hydrogen) atoms. The minimum absolute atomic E-state index is 0.0886. The zero-order valence-corrected chi connectivity index (χ0v) is 26.2. The quantitative estimate of drug-likeness (QED) is 0.279. The fourth-order valence-corrected chi connectivity index (χ4v) is 5.45. The Hall–Kier alpha value is -3.85. The zero-order chi connectivity index (χ0) is 30.9. The lowest BCUT2D eigenvalue weighted by atomic mass is 10.0. The van der Waals surface area contributed by atoms with Crippen LogP contribution in [0.15, 0.2) is 78.9 Å². The molecule has 0 heterocycles. The van der Waals surface area contributed by atoms with E-state index < -0.39 is 28.5 Å². The van der Waals surface area contributed by atoms with Gasteiger partial charge < -0.3 is 15.0 Å². The minimum Gasteiger partial charge on any atom is -0.497 e. The molecule has 9 heteroatoms. The summed E-state index contributed by atoms with van der Waals surface area (Å²) in [7, 11) is -2.26. The van der Waals surface area contributed by atoms with Gasteiger partial charge in [0.2, 0.25) is 21.8 Å². The molecule has 0 saturated carbocycles. The Kier molecular flexibility index (Phi) is 11.6. The van der Waals surface area contributed by atoms with Crippen molar-refractivity contribution < 1.29 is 22.7 Å². The summed E-state index contributed by atoms with van der Waals surface area (Å²) in [5, 5.41) is 3.04. The van der Waals surface area contributed by atoms with E-state index in [-0.39, 0.29) is 30.8 Å². The molecule has 2 atom stereocenters. The molecule has 0 aromatic heterocycles. The van der Waals surface area contributed by atoms with E-state index in [4.69, 9.17) is 4.74 Å². The van der Waals surface area contributed by atoms with Gasteiger partial charge in [-0.05, 0) is 60.2 Å². The summed E-state index contributed by atoms with van der Waals surface area (Å²) in [6, 6.07) is 23.0. The van der Waals surface area contributed by atoms with Crippen LogP contribution >= 0.6 is 0 Å². The molecule has 2 amide bonds. The average Bonchev–Trinajstić information content (AvgIpc) is 2.97. The van der Waals surface area contributed by atoms with Crippen LogP contribution in [-0.2, 0) is 32.6 Å². The molecule has 0 radical (unpaired) electrons. The molecule has 0 saturated heterocycles. The van der Waals surface area contributed by atoms with Crippen molar-refractivity contribution in [3.63, 3.8) is 0 Å². The maximum Gasteiger partial charge on any atom is 0.244 e. The summed E-state index contributed by atoms with van der Waals surface area (Å²) in [5.74, 6) is 0.105. The van der Waals surface area contributed by atoms with E-state index in [2.05, 4.69) is 19.2 Å². The second-order valence-corrected chi connectivity index (χ2v) is 12.8. The number of carbonyl (C=O) groups excluding carboxylic acids is 2. The van der Waals surface area contributed by atoms with Crippen LogP contribution in [0.5, 0.6) is 5.75 Å². The van der Waals surface area contributed by atoms with Crippen LogP contribution in [0.2, 0.25) is 0 Å². The molecular weight excluding hydrogens is 550 g/mol. The number of carbonyl (C=O) groups is 2. The van der Waals surface area contributed by atoms with Crippen molar-refractivity contribution in [3.05, 3.63) is 95.6 Å². The average molecular weight is 594 g/mol. The van der Waals surface area contributed by atoms with Crippen molar-refractivity contribution in [2.45, 2.75) is 65.1 Å². The molecule has 0 aliphatic carbocycles. The van der Waals surface area contributed by atoms with Crippen molar-refractivity contribution in [1.29, 1.82) is 0 Å². The summed E-state index contributed by atoms with van der Waals surface area (Å²) in [6.07, 6.45) is 2.07. The van der Waals surface area contributed by atoms with Crippen molar-refractivity contribution in [3.8, 4) is 5.75 Å². The third-order valence-corrected chi connectivity index (χ3v) is 8.43. The van der Waals surface area contributed by atoms with E-state index >= 15 is 0 Å². The molecule has 0 aliphatic heterocycles. The third kappa shape index (κ3) is 9.08. The maximum absolute atomic E-state index is 14.2. The van der Waals surface area contributed by atoms with Gasteiger partial charge in [-0.15, -0.1) is 0 Å². The van der Waals surface area contributed by atoms with E-state index in [1.165, 1.54) is 4.90 Å². The molecule has 3 aromatic carbocycles. The predicted molar refractivity (Wildman–Crippen MR) is 168 cm³/mol. The Bertz CT molecular complexity index is 1430. The first-order valence-corrected chi connectivity index (χ1v) is 16.1. The SMILES string of the molecule is CC[C@H](C)NC(=O)[C@H](Cc1ccccc1)N(Cc1cccc(OC)c1)C(=O)CN(c1ccc(C(C)C)cc1)S(C)(=O)=O. The van der Waals surface area contributed by atoms with Gasteiger partial charge >= 0.3 is 0 Å². The lowest BCUT2D eigenvalue weighted by molar-refractivity contribution is -0.140. The highest BCUT2D eigenvalue weighted by molar-refractivity contribution is 7.92. The van der Waals surface area contributed by atoms with Crippen LogP contribution < -0.4 is 14.4 Å². The zero-order valence-electron chi connectivity index (χ0n) is 25.4. The van der Waals surface area contributed by atoms with Gasteiger partial charge in [-0.2, -0.15) is 0 Å². The Morgan fingerprint density at radius 2 is 1.55 bits per heavy atom. The predicted octanol–water partition coefficient (Wildman–Crippen LogP) is 5.14. The molecule has 0 aliphatic rings. The van der Waals surface area contributed by atoms with Crippen LogP contribution in [0.1, 0.15) is 56.7 Å². The monoisotopic (exact) mass is 593 g/mol. The van der Waals surface area contributed by atoms with Gasteiger partial charge in [-0.3, -0.25) is 13.9 Å². The normalized spacial score (nSPS) is 12.8.